The Morgan fingerprint density at radius 2 is 2.09 bits per heavy atom. The van der Waals surface area contributed by atoms with Crippen molar-refractivity contribution >= 4 is 17.2 Å². The van der Waals surface area contributed by atoms with Crippen molar-refractivity contribution in [3.8, 4) is 0 Å². The molecule has 0 aliphatic rings. The van der Waals surface area contributed by atoms with Gasteiger partial charge in [-0.05, 0) is 18.1 Å². The number of hydrogen-bond acceptors (Lipinski definition) is 1. The topological polar surface area (TPSA) is 26.0 Å². The molecule has 58 valence electrons. The van der Waals surface area contributed by atoms with Gasteiger partial charge in [0.25, 0.3) is 0 Å². The van der Waals surface area contributed by atoms with Crippen LogP contribution >= 0.6 is 12.2 Å². The highest BCUT2D eigenvalue weighted by molar-refractivity contribution is 7.80. The molecule has 1 nitrogen and oxygen atoms in total. The predicted octanol–water partition coefficient (Wildman–Crippen LogP) is 1.82. The fourth-order valence-corrected chi connectivity index (χ4v) is 1.15. The Labute approximate surface area is 72.2 Å². The Balaban J connectivity index is 2.86. The van der Waals surface area contributed by atoms with E-state index < -0.39 is 0 Å². The number of nitrogens with two attached hydrogens (primary N) is 1. The number of benzene rings is 1. The van der Waals surface area contributed by atoms with Gasteiger partial charge in [0.05, 0.1) is 4.99 Å². The van der Waals surface area contributed by atoms with Gasteiger partial charge < -0.3 is 5.73 Å². The molecule has 0 aliphatic carbocycles. The summed E-state index contributed by atoms with van der Waals surface area (Å²) in [7, 11) is 0. The van der Waals surface area contributed by atoms with Gasteiger partial charge in [0.15, 0.2) is 0 Å². The summed E-state index contributed by atoms with van der Waals surface area (Å²) in [4.78, 5) is 0.555. The van der Waals surface area contributed by atoms with E-state index in [9.17, 15) is 0 Å². The smallest absolute Gasteiger partial charge is 0.0771 e. The Morgan fingerprint density at radius 3 is 2.64 bits per heavy atom. The first-order chi connectivity index (χ1) is 5.20. The van der Waals surface area contributed by atoms with Crippen molar-refractivity contribution in [2.75, 3.05) is 0 Å². The molecule has 0 spiro atoms. The molecule has 11 heavy (non-hydrogen) atoms. The van der Waals surface area contributed by atoms with E-state index >= 15 is 0 Å². The van der Waals surface area contributed by atoms with Crippen LogP contribution in [-0.2, 0) is 6.42 Å². The second-order valence-corrected chi connectivity index (χ2v) is 3.09. The number of thiocarbonyl (C=S) groups is 1. The van der Waals surface area contributed by atoms with Crippen LogP contribution in [0.2, 0.25) is 0 Å². The molecule has 0 saturated carbocycles. The van der Waals surface area contributed by atoms with Gasteiger partial charge in [-0.3, -0.25) is 0 Å². The highest BCUT2D eigenvalue weighted by Crippen LogP contribution is 2.06. The van der Waals surface area contributed by atoms with Gasteiger partial charge in [-0.1, -0.05) is 36.5 Å². The lowest BCUT2D eigenvalue weighted by Crippen LogP contribution is -2.11. The van der Waals surface area contributed by atoms with E-state index in [1.165, 1.54) is 11.1 Å². The fourth-order valence-electron chi connectivity index (χ4n) is 0.996. The van der Waals surface area contributed by atoms with Crippen molar-refractivity contribution in [3.63, 3.8) is 0 Å². The lowest BCUT2D eigenvalue weighted by atomic mass is 10.1. The monoisotopic (exact) mass is 165 g/mol. The molecule has 0 aliphatic heterocycles. The molecule has 0 atom stereocenters. The van der Waals surface area contributed by atoms with Crippen LogP contribution in [0, 0.1) is 6.92 Å². The van der Waals surface area contributed by atoms with Gasteiger partial charge in [-0.25, -0.2) is 0 Å². The number of aryl methyl sites for hydroxylation is 1. The van der Waals surface area contributed by atoms with Gasteiger partial charge in [0, 0.05) is 6.42 Å². The van der Waals surface area contributed by atoms with E-state index in [1.807, 2.05) is 12.1 Å². The van der Waals surface area contributed by atoms with Crippen LogP contribution in [0.4, 0.5) is 0 Å². The van der Waals surface area contributed by atoms with Gasteiger partial charge in [0.1, 0.15) is 0 Å². The zero-order valence-electron chi connectivity index (χ0n) is 6.50. The summed E-state index contributed by atoms with van der Waals surface area (Å²) in [5.74, 6) is 0. The van der Waals surface area contributed by atoms with Crippen LogP contribution in [-0.4, -0.2) is 4.99 Å². The highest BCUT2D eigenvalue weighted by atomic mass is 32.1. The molecule has 0 radical (unpaired) electrons. The minimum Gasteiger partial charge on any atom is -0.393 e. The van der Waals surface area contributed by atoms with Crippen molar-refractivity contribution < 1.29 is 0 Å². The SMILES string of the molecule is Cc1ccccc1CC(N)=S. The summed E-state index contributed by atoms with van der Waals surface area (Å²) in [6.07, 6.45) is 0.710. The van der Waals surface area contributed by atoms with Crippen molar-refractivity contribution in [3.05, 3.63) is 35.4 Å². The van der Waals surface area contributed by atoms with E-state index in [0.29, 0.717) is 11.4 Å². The van der Waals surface area contributed by atoms with Crippen LogP contribution in [0.15, 0.2) is 24.3 Å². The summed E-state index contributed by atoms with van der Waals surface area (Å²) in [6, 6.07) is 8.13. The van der Waals surface area contributed by atoms with E-state index in [2.05, 4.69) is 19.1 Å². The van der Waals surface area contributed by atoms with E-state index in [1.54, 1.807) is 0 Å². The number of hydrogen-bond donors (Lipinski definition) is 1. The summed E-state index contributed by atoms with van der Waals surface area (Å²) in [6.45, 7) is 2.06. The summed E-state index contributed by atoms with van der Waals surface area (Å²) in [5.41, 5.74) is 7.90. The molecule has 2 heteroatoms. The zero-order valence-corrected chi connectivity index (χ0v) is 7.32. The third-order valence-corrected chi connectivity index (χ3v) is 1.77. The van der Waals surface area contributed by atoms with Crippen molar-refractivity contribution in [1.82, 2.24) is 0 Å². The maximum Gasteiger partial charge on any atom is 0.0771 e. The molecule has 0 fully saturated rings. The van der Waals surface area contributed by atoms with Gasteiger partial charge >= 0.3 is 0 Å². The molecule has 1 rings (SSSR count). The van der Waals surface area contributed by atoms with Crippen LogP contribution in [0.3, 0.4) is 0 Å². The third kappa shape index (κ3) is 2.31. The largest absolute Gasteiger partial charge is 0.393 e. The molecule has 0 saturated heterocycles. The Kier molecular flexibility index (Phi) is 2.60. The molecular weight excluding hydrogens is 154 g/mol. The highest BCUT2D eigenvalue weighted by Gasteiger charge is 1.96. The molecule has 1 aromatic carbocycles. The summed E-state index contributed by atoms with van der Waals surface area (Å²) >= 11 is 4.81. The molecule has 0 aromatic heterocycles. The second-order valence-electron chi connectivity index (χ2n) is 2.57. The van der Waals surface area contributed by atoms with Crippen LogP contribution < -0.4 is 5.73 Å². The quantitative estimate of drug-likeness (QED) is 0.676. The van der Waals surface area contributed by atoms with E-state index in [0.717, 1.165) is 0 Å². The molecule has 0 bridgehead atoms. The zero-order chi connectivity index (χ0) is 8.27. The average Bonchev–Trinajstić information content (AvgIpc) is 1.93. The third-order valence-electron chi connectivity index (χ3n) is 1.63. The Bertz CT molecular complexity index is 268. The Morgan fingerprint density at radius 1 is 1.45 bits per heavy atom. The van der Waals surface area contributed by atoms with Crippen LogP contribution in [0.5, 0.6) is 0 Å². The second kappa shape index (κ2) is 3.49. The summed E-state index contributed by atoms with van der Waals surface area (Å²) in [5, 5.41) is 0. The molecule has 0 unspecified atom stereocenters. The molecule has 0 amide bonds. The minimum atomic E-state index is 0.555. The normalized spacial score (nSPS) is 9.55. The molecular formula is C9H11NS. The first-order valence-electron chi connectivity index (χ1n) is 3.53. The van der Waals surface area contributed by atoms with E-state index in [-0.39, 0.29) is 0 Å². The number of rotatable bonds is 2. The first kappa shape index (κ1) is 8.21. The van der Waals surface area contributed by atoms with Crippen molar-refractivity contribution in [1.29, 1.82) is 0 Å². The lowest BCUT2D eigenvalue weighted by molar-refractivity contribution is 1.26. The predicted molar refractivity (Wildman–Crippen MR) is 51.7 cm³/mol. The molecule has 2 N–H and O–H groups in total. The van der Waals surface area contributed by atoms with Crippen molar-refractivity contribution in [2.24, 2.45) is 5.73 Å². The first-order valence-corrected chi connectivity index (χ1v) is 3.94. The maximum absolute atomic E-state index is 5.42. The van der Waals surface area contributed by atoms with Crippen LogP contribution in [0.25, 0.3) is 0 Å². The fraction of sp³-hybridized carbons (Fsp3) is 0.222. The minimum absolute atomic E-state index is 0.555. The van der Waals surface area contributed by atoms with Gasteiger partial charge in [-0.15, -0.1) is 0 Å². The maximum atomic E-state index is 5.42. The molecule has 0 heterocycles. The molecule has 1 aromatic rings. The standard InChI is InChI=1S/C9H11NS/c1-7-4-2-3-5-8(7)6-9(10)11/h2-5H,6H2,1H3,(H2,10,11). The average molecular weight is 165 g/mol. The van der Waals surface area contributed by atoms with Crippen LogP contribution in [0.1, 0.15) is 11.1 Å². The lowest BCUT2D eigenvalue weighted by Gasteiger charge is -2.02. The Hall–Kier alpha value is -0.890. The van der Waals surface area contributed by atoms with E-state index in [4.69, 9.17) is 18.0 Å². The summed E-state index contributed by atoms with van der Waals surface area (Å²) < 4.78 is 0. The van der Waals surface area contributed by atoms with Gasteiger partial charge in [0.2, 0.25) is 0 Å². The van der Waals surface area contributed by atoms with Gasteiger partial charge in [-0.2, -0.15) is 0 Å². The van der Waals surface area contributed by atoms with Crippen molar-refractivity contribution in [2.45, 2.75) is 13.3 Å².